The fourth-order valence-electron chi connectivity index (χ4n) is 1.57. The molecule has 0 saturated heterocycles. The van der Waals surface area contributed by atoms with Gasteiger partial charge >= 0.3 is 5.97 Å². The number of aryl methyl sites for hydroxylation is 2. The molecule has 1 aromatic heterocycles. The third-order valence-electron chi connectivity index (χ3n) is 2.67. The molecule has 0 spiro atoms. The van der Waals surface area contributed by atoms with Crippen molar-refractivity contribution in [3.8, 4) is 0 Å². The molecule has 4 nitrogen and oxygen atoms in total. The summed E-state index contributed by atoms with van der Waals surface area (Å²) in [5, 5.41) is 6.04. The van der Waals surface area contributed by atoms with Crippen LogP contribution in [0.5, 0.6) is 0 Å². The normalized spacial score (nSPS) is 10.2. The molecule has 0 amide bonds. The van der Waals surface area contributed by atoms with Crippen LogP contribution in [0.2, 0.25) is 0 Å². The van der Waals surface area contributed by atoms with E-state index >= 15 is 0 Å². The van der Waals surface area contributed by atoms with Crippen LogP contribution in [0.15, 0.2) is 29.6 Å². The van der Waals surface area contributed by atoms with E-state index in [4.69, 9.17) is 0 Å². The highest BCUT2D eigenvalue weighted by molar-refractivity contribution is 7.13. The van der Waals surface area contributed by atoms with Crippen molar-refractivity contribution in [1.82, 2.24) is 4.98 Å². The summed E-state index contributed by atoms with van der Waals surface area (Å²) in [4.78, 5) is 15.5. The Morgan fingerprint density at radius 1 is 1.37 bits per heavy atom. The summed E-state index contributed by atoms with van der Waals surface area (Å²) in [5.41, 5.74) is 3.15. The van der Waals surface area contributed by atoms with Crippen molar-refractivity contribution in [3.63, 3.8) is 0 Å². The smallest absolute Gasteiger partial charge is 0.305 e. The molecule has 5 heteroatoms. The average molecular weight is 276 g/mol. The van der Waals surface area contributed by atoms with E-state index in [2.05, 4.69) is 22.0 Å². The summed E-state index contributed by atoms with van der Waals surface area (Å²) in [6.45, 7) is 2.05. The summed E-state index contributed by atoms with van der Waals surface area (Å²) in [7, 11) is 1.40. The number of aromatic nitrogens is 1. The lowest BCUT2D eigenvalue weighted by Crippen LogP contribution is -2.02. The third-order valence-corrected chi connectivity index (χ3v) is 3.47. The zero-order valence-corrected chi connectivity index (χ0v) is 11.8. The molecule has 2 rings (SSSR count). The van der Waals surface area contributed by atoms with E-state index in [9.17, 15) is 4.79 Å². The van der Waals surface area contributed by atoms with Crippen LogP contribution in [0, 0.1) is 6.92 Å². The van der Waals surface area contributed by atoms with Gasteiger partial charge in [-0.1, -0.05) is 17.7 Å². The number of carbonyl (C=O) groups excluding carboxylic acids is 1. The van der Waals surface area contributed by atoms with Crippen molar-refractivity contribution in [3.05, 3.63) is 40.9 Å². The first-order chi connectivity index (χ1) is 9.17. The van der Waals surface area contributed by atoms with Gasteiger partial charge in [0.1, 0.15) is 0 Å². The third kappa shape index (κ3) is 4.06. The molecule has 0 bridgehead atoms. The number of methoxy groups -OCH3 is 1. The molecular weight excluding hydrogens is 260 g/mol. The van der Waals surface area contributed by atoms with Crippen molar-refractivity contribution < 1.29 is 9.53 Å². The van der Waals surface area contributed by atoms with Crippen LogP contribution < -0.4 is 5.32 Å². The second kappa shape index (κ2) is 6.33. The lowest BCUT2D eigenvalue weighted by molar-refractivity contribution is -0.140. The highest BCUT2D eigenvalue weighted by Crippen LogP contribution is 2.21. The minimum absolute atomic E-state index is 0.207. The van der Waals surface area contributed by atoms with Crippen LogP contribution in [0.25, 0.3) is 0 Å². The van der Waals surface area contributed by atoms with Crippen LogP contribution in [0.4, 0.5) is 10.8 Å². The van der Waals surface area contributed by atoms with E-state index < -0.39 is 0 Å². The maximum Gasteiger partial charge on any atom is 0.305 e. The molecular formula is C14H16N2O2S. The molecule has 19 heavy (non-hydrogen) atoms. The Hall–Kier alpha value is -1.88. The summed E-state index contributed by atoms with van der Waals surface area (Å²) in [5.74, 6) is -0.207. The van der Waals surface area contributed by atoms with E-state index in [0.29, 0.717) is 12.8 Å². The Morgan fingerprint density at radius 2 is 2.11 bits per heavy atom. The molecule has 0 aliphatic heterocycles. The molecule has 0 fully saturated rings. The zero-order chi connectivity index (χ0) is 13.7. The molecule has 2 aromatic rings. The van der Waals surface area contributed by atoms with Gasteiger partial charge in [0.2, 0.25) is 0 Å². The van der Waals surface area contributed by atoms with Gasteiger partial charge in [0, 0.05) is 17.5 Å². The van der Waals surface area contributed by atoms with Gasteiger partial charge in [0.15, 0.2) is 5.13 Å². The summed E-state index contributed by atoms with van der Waals surface area (Å²) in [6, 6.07) is 8.14. The number of thiazole rings is 1. The number of ether oxygens (including phenoxy) is 1. The minimum Gasteiger partial charge on any atom is -0.469 e. The summed E-state index contributed by atoms with van der Waals surface area (Å²) < 4.78 is 4.61. The van der Waals surface area contributed by atoms with Gasteiger partial charge in [-0.25, -0.2) is 4.98 Å². The highest BCUT2D eigenvalue weighted by atomic mass is 32.1. The van der Waals surface area contributed by atoms with E-state index in [-0.39, 0.29) is 5.97 Å². The minimum atomic E-state index is -0.207. The molecule has 0 aliphatic rings. The predicted molar refractivity (Wildman–Crippen MR) is 76.9 cm³/mol. The predicted octanol–water partition coefficient (Wildman–Crippen LogP) is 3.30. The summed E-state index contributed by atoms with van der Waals surface area (Å²) >= 11 is 1.53. The van der Waals surface area contributed by atoms with Crippen molar-refractivity contribution in [2.24, 2.45) is 0 Å². The lowest BCUT2D eigenvalue weighted by atomic mass is 10.2. The molecule has 0 atom stereocenters. The molecule has 0 saturated carbocycles. The van der Waals surface area contributed by atoms with Gasteiger partial charge in [-0.3, -0.25) is 4.79 Å². The first-order valence-electron chi connectivity index (χ1n) is 6.02. The molecule has 1 N–H and O–H groups in total. The van der Waals surface area contributed by atoms with E-state index in [1.807, 2.05) is 29.6 Å². The SMILES string of the molecule is COC(=O)CCc1csc(Nc2ccc(C)cc2)n1. The van der Waals surface area contributed by atoms with E-state index in [0.717, 1.165) is 16.5 Å². The number of hydrogen-bond acceptors (Lipinski definition) is 5. The van der Waals surface area contributed by atoms with Gasteiger partial charge in [-0.05, 0) is 19.1 Å². The van der Waals surface area contributed by atoms with Crippen molar-refractivity contribution >= 4 is 28.1 Å². The monoisotopic (exact) mass is 276 g/mol. The number of esters is 1. The van der Waals surface area contributed by atoms with Gasteiger partial charge in [-0.15, -0.1) is 11.3 Å². The first kappa shape index (κ1) is 13.5. The largest absolute Gasteiger partial charge is 0.469 e. The Balaban J connectivity index is 1.93. The molecule has 0 aliphatic carbocycles. The van der Waals surface area contributed by atoms with Crippen molar-refractivity contribution in [2.45, 2.75) is 19.8 Å². The Morgan fingerprint density at radius 3 is 2.79 bits per heavy atom. The van der Waals surface area contributed by atoms with E-state index in [1.165, 1.54) is 24.0 Å². The van der Waals surface area contributed by atoms with Gasteiger partial charge in [-0.2, -0.15) is 0 Å². The fourth-order valence-corrected chi connectivity index (χ4v) is 2.34. The Labute approximate surface area is 116 Å². The number of anilines is 2. The number of nitrogens with zero attached hydrogens (tertiary/aromatic N) is 1. The van der Waals surface area contributed by atoms with Crippen LogP contribution in [0.3, 0.4) is 0 Å². The molecule has 1 heterocycles. The standard InChI is InChI=1S/C14H16N2O2S/c1-10-3-5-11(6-4-10)15-14-16-12(9-19-14)7-8-13(17)18-2/h3-6,9H,7-8H2,1-2H3,(H,15,16). The van der Waals surface area contributed by atoms with Crippen molar-refractivity contribution in [2.75, 3.05) is 12.4 Å². The number of hydrogen-bond donors (Lipinski definition) is 1. The number of rotatable bonds is 5. The zero-order valence-electron chi connectivity index (χ0n) is 11.0. The summed E-state index contributed by atoms with van der Waals surface area (Å²) in [6.07, 6.45) is 0.975. The Kier molecular flexibility index (Phi) is 4.52. The number of nitrogens with one attached hydrogen (secondary N) is 1. The molecule has 100 valence electrons. The second-order valence-corrected chi connectivity index (χ2v) is 5.07. The quantitative estimate of drug-likeness (QED) is 0.851. The van der Waals surface area contributed by atoms with Crippen LogP contribution in [-0.4, -0.2) is 18.1 Å². The number of carbonyl (C=O) groups is 1. The number of benzene rings is 1. The molecule has 1 aromatic carbocycles. The van der Waals surface area contributed by atoms with Gasteiger partial charge in [0.05, 0.1) is 19.2 Å². The van der Waals surface area contributed by atoms with Crippen LogP contribution in [0.1, 0.15) is 17.7 Å². The first-order valence-corrected chi connectivity index (χ1v) is 6.90. The van der Waals surface area contributed by atoms with Crippen molar-refractivity contribution in [1.29, 1.82) is 0 Å². The van der Waals surface area contributed by atoms with Crippen LogP contribution in [-0.2, 0) is 16.0 Å². The average Bonchev–Trinajstić information content (AvgIpc) is 2.86. The molecule has 0 unspecified atom stereocenters. The molecule has 0 radical (unpaired) electrons. The highest BCUT2D eigenvalue weighted by Gasteiger charge is 2.06. The maximum atomic E-state index is 11.1. The van der Waals surface area contributed by atoms with E-state index in [1.54, 1.807) is 0 Å². The van der Waals surface area contributed by atoms with Crippen LogP contribution >= 0.6 is 11.3 Å². The van der Waals surface area contributed by atoms with Gasteiger partial charge in [0.25, 0.3) is 0 Å². The maximum absolute atomic E-state index is 11.1. The topological polar surface area (TPSA) is 51.2 Å². The lowest BCUT2D eigenvalue weighted by Gasteiger charge is -2.02. The second-order valence-electron chi connectivity index (χ2n) is 4.21. The fraction of sp³-hybridized carbons (Fsp3) is 0.286. The Bertz CT molecular complexity index is 549. The van der Waals surface area contributed by atoms with Gasteiger partial charge < -0.3 is 10.1 Å².